The Balaban J connectivity index is 2.12. The molecule has 3 rings (SSSR count). The molecule has 0 unspecified atom stereocenters. The summed E-state index contributed by atoms with van der Waals surface area (Å²) in [6, 6.07) is 4.44. The molecule has 0 spiro atoms. The lowest BCUT2D eigenvalue weighted by molar-refractivity contribution is 1.10. The van der Waals surface area contributed by atoms with E-state index in [1.54, 1.807) is 6.07 Å². The van der Waals surface area contributed by atoms with Crippen LogP contribution in [0.25, 0.3) is 22.8 Å². The van der Waals surface area contributed by atoms with Crippen LogP contribution in [-0.4, -0.2) is 25.1 Å². The Labute approximate surface area is 114 Å². The summed E-state index contributed by atoms with van der Waals surface area (Å²) in [7, 11) is 0. The minimum atomic E-state index is -0.414. The zero-order valence-corrected chi connectivity index (χ0v) is 9.47. The topological polar surface area (TPSA) is 91.1 Å². The molecule has 1 N–H and O–H groups in total. The lowest BCUT2D eigenvalue weighted by Crippen LogP contribution is -1.86. The van der Waals surface area contributed by atoms with Crippen molar-refractivity contribution in [2.45, 2.75) is 0 Å². The fourth-order valence-corrected chi connectivity index (χ4v) is 1.48. The molecule has 0 saturated heterocycles. The maximum atomic E-state index is 8.87. The summed E-state index contributed by atoms with van der Waals surface area (Å²) in [5.41, 5.74) is 0.750. The Kier molecular flexibility index (Phi) is 1.81. The minimum Gasteiger partial charge on any atom is -0.265 e. The molecule has 3 aromatic heterocycles. The van der Waals surface area contributed by atoms with Crippen LogP contribution < -0.4 is 0 Å². The van der Waals surface area contributed by atoms with Gasteiger partial charge in [0.1, 0.15) is 11.8 Å². The molecule has 90 valence electrons. The summed E-state index contributed by atoms with van der Waals surface area (Å²) in [5.74, 6) is 0.349. The van der Waals surface area contributed by atoms with E-state index >= 15 is 0 Å². The van der Waals surface area contributed by atoms with Crippen molar-refractivity contribution in [3.05, 3.63) is 48.5 Å². The van der Waals surface area contributed by atoms with Crippen molar-refractivity contribution in [3.63, 3.8) is 0 Å². The maximum absolute atomic E-state index is 8.87. The van der Waals surface area contributed by atoms with Gasteiger partial charge in [-0.1, -0.05) is 0 Å². The fourth-order valence-electron chi connectivity index (χ4n) is 1.48. The van der Waals surface area contributed by atoms with Crippen molar-refractivity contribution in [1.29, 1.82) is 5.26 Å². The number of nitriles is 1. The van der Waals surface area contributed by atoms with Crippen LogP contribution in [0.3, 0.4) is 0 Å². The van der Waals surface area contributed by atoms with E-state index in [-0.39, 0.29) is 29.2 Å². The van der Waals surface area contributed by atoms with E-state index in [4.69, 9.17) is 10.7 Å². The number of hydrogen-bond acceptors (Lipinski definition) is 5. The van der Waals surface area contributed by atoms with Crippen LogP contribution in [0.1, 0.15) is 11.2 Å². The van der Waals surface area contributed by atoms with Gasteiger partial charge in [0.15, 0.2) is 11.6 Å². The van der Waals surface area contributed by atoms with Crippen molar-refractivity contribution < 1.29 is 5.48 Å². The summed E-state index contributed by atoms with van der Waals surface area (Å²) in [6.07, 6.45) is 0.629. The molecule has 0 aliphatic rings. The molecule has 0 bridgehead atoms. The van der Waals surface area contributed by atoms with Crippen molar-refractivity contribution in [1.82, 2.24) is 25.1 Å². The molecule has 0 aliphatic carbocycles. The first-order valence-corrected chi connectivity index (χ1v) is 5.25. The van der Waals surface area contributed by atoms with Crippen molar-refractivity contribution in [3.8, 4) is 28.8 Å². The smallest absolute Gasteiger partial charge is 0.181 e. The molecule has 0 saturated carbocycles. The Morgan fingerprint density at radius 3 is 2.89 bits per heavy atom. The first-order chi connectivity index (χ1) is 11.0. The van der Waals surface area contributed by atoms with Gasteiger partial charge in [0.05, 0.1) is 5.48 Å². The molecule has 0 atom stereocenters. The number of aromatic nitrogens is 5. The van der Waals surface area contributed by atoms with Crippen molar-refractivity contribution in [2.75, 3.05) is 0 Å². The van der Waals surface area contributed by atoms with Crippen LogP contribution in [0.4, 0.5) is 0 Å². The van der Waals surface area contributed by atoms with Crippen LogP contribution in [-0.2, 0) is 0 Å². The van der Waals surface area contributed by atoms with E-state index in [2.05, 4.69) is 25.1 Å². The average molecular weight is 252 g/mol. The Bertz CT molecular complexity index is 920. The third-order valence-electron chi connectivity index (χ3n) is 2.33. The van der Waals surface area contributed by atoms with E-state index in [9.17, 15) is 0 Å². The van der Waals surface area contributed by atoms with Gasteiger partial charge in [-0.15, -0.1) is 0 Å². The molecule has 0 amide bonds. The minimum absolute atomic E-state index is 0.0229. The molecule has 0 radical (unpaired) electrons. The monoisotopic (exact) mass is 252 g/mol. The van der Waals surface area contributed by atoms with Crippen LogP contribution in [0, 0.1) is 11.3 Å². The van der Waals surface area contributed by atoms with E-state index in [0.717, 1.165) is 0 Å². The van der Waals surface area contributed by atoms with Crippen molar-refractivity contribution >= 4 is 0 Å². The lowest BCUT2D eigenvalue weighted by atomic mass is 10.2. The second-order valence-corrected chi connectivity index (χ2v) is 3.51. The molecule has 19 heavy (non-hydrogen) atoms. The van der Waals surface area contributed by atoms with Crippen LogP contribution >= 0.6 is 0 Å². The van der Waals surface area contributed by atoms with Gasteiger partial charge in [0.2, 0.25) is 0 Å². The molecule has 0 aromatic carbocycles. The second kappa shape index (κ2) is 4.66. The van der Waals surface area contributed by atoms with Gasteiger partial charge < -0.3 is 0 Å². The molecule has 3 aromatic rings. The van der Waals surface area contributed by atoms with Gasteiger partial charge in [0.25, 0.3) is 0 Å². The Morgan fingerprint density at radius 2 is 2.11 bits per heavy atom. The summed E-state index contributed by atoms with van der Waals surface area (Å²) < 4.78 is 30.8. The molecular weight excluding hydrogens is 240 g/mol. The van der Waals surface area contributed by atoms with E-state index in [1.807, 2.05) is 6.07 Å². The maximum Gasteiger partial charge on any atom is 0.181 e. The number of hydrogen-bond donors (Lipinski definition) is 1. The van der Waals surface area contributed by atoms with Gasteiger partial charge in [0, 0.05) is 29.7 Å². The highest BCUT2D eigenvalue weighted by Crippen LogP contribution is 2.19. The van der Waals surface area contributed by atoms with Gasteiger partial charge in [-0.05, 0) is 24.2 Å². The summed E-state index contributed by atoms with van der Waals surface area (Å²) >= 11 is 0. The normalized spacial score (nSPS) is 13.0. The SMILES string of the molecule is [2H]c1nc([2H])c([2H])c(-c2n[nH]c(-c3ccnc(C#N)c3)n2)c1[2H]. The molecular formula is C13H8N6. The molecule has 3 heterocycles. The van der Waals surface area contributed by atoms with Gasteiger partial charge >= 0.3 is 0 Å². The third kappa shape index (κ3) is 2.17. The number of aromatic amines is 1. The largest absolute Gasteiger partial charge is 0.265 e. The second-order valence-electron chi connectivity index (χ2n) is 3.51. The average Bonchev–Trinajstić information content (AvgIpc) is 3.03. The zero-order chi connectivity index (χ0) is 16.6. The predicted molar refractivity (Wildman–Crippen MR) is 67.6 cm³/mol. The standard InChI is InChI=1S/C13H8N6/c14-8-11-7-10(3-6-16-11)13-17-12(18-19-13)9-1-4-15-5-2-9/h1-7H,(H,17,18,19)/i1D,2D,4D,5D. The quantitative estimate of drug-likeness (QED) is 0.750. The van der Waals surface area contributed by atoms with E-state index < -0.39 is 12.3 Å². The fraction of sp³-hybridized carbons (Fsp3) is 0. The van der Waals surface area contributed by atoms with E-state index in [1.165, 1.54) is 12.3 Å². The number of nitrogens with one attached hydrogen (secondary N) is 1. The number of rotatable bonds is 2. The zero-order valence-electron chi connectivity index (χ0n) is 13.5. The molecule has 0 fully saturated rings. The first-order valence-electron chi connectivity index (χ1n) is 7.25. The Hall–Kier alpha value is -3.07. The van der Waals surface area contributed by atoms with Crippen LogP contribution in [0.15, 0.2) is 42.8 Å². The van der Waals surface area contributed by atoms with Crippen LogP contribution in [0.5, 0.6) is 0 Å². The highest BCUT2D eigenvalue weighted by atomic mass is 15.2. The molecule has 6 heteroatoms. The molecule has 0 aliphatic heterocycles. The van der Waals surface area contributed by atoms with Gasteiger partial charge in [-0.3, -0.25) is 10.1 Å². The highest BCUT2D eigenvalue weighted by Gasteiger charge is 2.08. The first kappa shape index (κ1) is 7.38. The summed E-state index contributed by atoms with van der Waals surface area (Å²) in [5, 5.41) is 15.5. The van der Waals surface area contributed by atoms with E-state index in [0.29, 0.717) is 11.4 Å². The van der Waals surface area contributed by atoms with Gasteiger partial charge in [-0.25, -0.2) is 9.97 Å². The lowest BCUT2D eigenvalue weighted by Gasteiger charge is -1.95. The third-order valence-corrected chi connectivity index (χ3v) is 2.33. The predicted octanol–water partition coefficient (Wildman–Crippen LogP) is 1.80. The number of pyridine rings is 2. The number of nitrogens with zero attached hydrogens (tertiary/aromatic N) is 5. The summed E-state index contributed by atoms with van der Waals surface area (Å²) in [6.45, 7) is 0. The Morgan fingerprint density at radius 1 is 1.26 bits per heavy atom. The molecule has 6 nitrogen and oxygen atoms in total. The highest BCUT2D eigenvalue weighted by molar-refractivity contribution is 5.61. The van der Waals surface area contributed by atoms with Gasteiger partial charge in [-0.2, -0.15) is 10.4 Å². The van der Waals surface area contributed by atoms with Crippen LogP contribution in [0.2, 0.25) is 0 Å². The number of H-pyrrole nitrogens is 1. The van der Waals surface area contributed by atoms with Crippen molar-refractivity contribution in [2.24, 2.45) is 0 Å². The summed E-state index contributed by atoms with van der Waals surface area (Å²) in [4.78, 5) is 11.5.